The first-order valence-corrected chi connectivity index (χ1v) is 8.06. The van der Waals surface area contributed by atoms with E-state index in [0.717, 1.165) is 16.8 Å². The minimum atomic E-state index is -0.273. The zero-order valence-corrected chi connectivity index (χ0v) is 14.3. The van der Waals surface area contributed by atoms with Crippen molar-refractivity contribution in [2.45, 2.75) is 6.04 Å². The molecule has 0 saturated heterocycles. The highest BCUT2D eigenvalue weighted by Gasteiger charge is 2.24. The number of halogens is 1. The van der Waals surface area contributed by atoms with Crippen LogP contribution < -0.4 is 14.8 Å². The third-order valence-electron chi connectivity index (χ3n) is 4.31. The Kier molecular flexibility index (Phi) is 4.04. The predicted octanol–water partition coefficient (Wildman–Crippen LogP) is 3.49. The number of allylic oxidation sites excluding steroid dienone is 1. The largest absolute Gasteiger partial charge is 0.493 e. The summed E-state index contributed by atoms with van der Waals surface area (Å²) in [5.41, 5.74) is 2.67. The molecule has 1 aliphatic rings. The van der Waals surface area contributed by atoms with E-state index in [-0.39, 0.29) is 11.9 Å². The molecule has 1 atom stereocenters. The summed E-state index contributed by atoms with van der Waals surface area (Å²) >= 11 is 0. The zero-order valence-electron chi connectivity index (χ0n) is 14.3. The van der Waals surface area contributed by atoms with Gasteiger partial charge in [-0.05, 0) is 53.6 Å². The summed E-state index contributed by atoms with van der Waals surface area (Å²) in [4.78, 5) is 4.27. The van der Waals surface area contributed by atoms with Crippen LogP contribution in [-0.2, 0) is 0 Å². The maximum atomic E-state index is 13.2. The Balaban J connectivity index is 1.80. The van der Waals surface area contributed by atoms with E-state index >= 15 is 0 Å². The maximum absolute atomic E-state index is 13.2. The minimum Gasteiger partial charge on any atom is -0.493 e. The van der Waals surface area contributed by atoms with Gasteiger partial charge < -0.3 is 14.8 Å². The fourth-order valence-electron chi connectivity index (χ4n) is 3.01. The van der Waals surface area contributed by atoms with Gasteiger partial charge in [0, 0.05) is 5.70 Å². The Morgan fingerprint density at radius 3 is 2.54 bits per heavy atom. The van der Waals surface area contributed by atoms with Crippen molar-refractivity contribution < 1.29 is 13.9 Å². The highest BCUT2D eigenvalue weighted by Crippen LogP contribution is 2.36. The molecule has 0 amide bonds. The summed E-state index contributed by atoms with van der Waals surface area (Å²) < 4.78 is 25.8. The third kappa shape index (κ3) is 2.77. The van der Waals surface area contributed by atoms with Crippen LogP contribution >= 0.6 is 0 Å². The summed E-state index contributed by atoms with van der Waals surface area (Å²) in [6.45, 7) is 0. The van der Waals surface area contributed by atoms with Crippen molar-refractivity contribution in [2.24, 2.45) is 0 Å². The van der Waals surface area contributed by atoms with E-state index in [9.17, 15) is 4.39 Å². The number of rotatable bonds is 4. The van der Waals surface area contributed by atoms with Crippen LogP contribution in [0.5, 0.6) is 11.5 Å². The number of aromatic nitrogens is 3. The molecule has 1 aliphatic heterocycles. The summed E-state index contributed by atoms with van der Waals surface area (Å²) in [6.07, 6.45) is 3.52. The van der Waals surface area contributed by atoms with Gasteiger partial charge in [-0.2, -0.15) is 10.1 Å². The van der Waals surface area contributed by atoms with Crippen molar-refractivity contribution in [3.05, 3.63) is 71.8 Å². The molecule has 1 aromatic heterocycles. The van der Waals surface area contributed by atoms with Gasteiger partial charge >= 0.3 is 0 Å². The molecule has 6 nitrogen and oxygen atoms in total. The number of hydrogen-bond donors (Lipinski definition) is 1. The summed E-state index contributed by atoms with van der Waals surface area (Å²) in [6, 6.07) is 11.9. The van der Waals surface area contributed by atoms with Crippen LogP contribution in [0.15, 0.2) is 54.9 Å². The molecule has 7 heteroatoms. The van der Waals surface area contributed by atoms with Gasteiger partial charge in [-0.25, -0.2) is 9.07 Å². The molecule has 0 saturated carbocycles. The van der Waals surface area contributed by atoms with Gasteiger partial charge in [0.05, 0.1) is 14.2 Å². The van der Waals surface area contributed by atoms with Crippen molar-refractivity contribution >= 4 is 11.6 Å². The molecule has 2 heterocycles. The molecular weight excluding hydrogens is 335 g/mol. The lowest BCUT2D eigenvalue weighted by Crippen LogP contribution is -2.20. The molecule has 0 aliphatic carbocycles. The second-order valence-electron chi connectivity index (χ2n) is 5.80. The van der Waals surface area contributed by atoms with Crippen molar-refractivity contribution in [3.63, 3.8) is 0 Å². The first-order valence-electron chi connectivity index (χ1n) is 8.06. The average Bonchev–Trinajstić information content (AvgIpc) is 3.16. The fraction of sp³-hybridized carbons (Fsp3) is 0.158. The van der Waals surface area contributed by atoms with Crippen LogP contribution in [0.4, 0.5) is 10.3 Å². The number of nitrogens with zero attached hydrogens (tertiary/aromatic N) is 3. The van der Waals surface area contributed by atoms with Gasteiger partial charge in [-0.15, -0.1) is 0 Å². The first kappa shape index (κ1) is 16.1. The number of methoxy groups -OCH3 is 2. The molecule has 0 radical (unpaired) electrons. The smallest absolute Gasteiger partial charge is 0.226 e. The normalized spacial score (nSPS) is 15.7. The summed E-state index contributed by atoms with van der Waals surface area (Å²) in [5, 5.41) is 7.56. The second kappa shape index (κ2) is 6.51. The molecular formula is C19H17FN4O2. The summed E-state index contributed by atoms with van der Waals surface area (Å²) in [5.74, 6) is 1.64. The van der Waals surface area contributed by atoms with E-state index in [1.165, 1.54) is 18.5 Å². The monoisotopic (exact) mass is 352 g/mol. The Hall–Kier alpha value is -3.35. The van der Waals surface area contributed by atoms with Crippen LogP contribution in [0, 0.1) is 5.82 Å². The molecule has 2 aromatic carbocycles. The number of fused-ring (bicyclic) bond motifs is 1. The summed E-state index contributed by atoms with van der Waals surface area (Å²) in [7, 11) is 3.20. The first-order chi connectivity index (χ1) is 12.7. The Morgan fingerprint density at radius 2 is 1.81 bits per heavy atom. The molecule has 0 fully saturated rings. The van der Waals surface area contributed by atoms with Gasteiger partial charge in [0.1, 0.15) is 18.2 Å². The number of anilines is 1. The van der Waals surface area contributed by atoms with Crippen molar-refractivity contribution in [1.82, 2.24) is 14.8 Å². The minimum absolute atomic E-state index is 0.186. The molecule has 0 bridgehead atoms. The Labute approximate surface area is 149 Å². The van der Waals surface area contributed by atoms with Crippen molar-refractivity contribution in [3.8, 4) is 11.5 Å². The molecule has 4 rings (SSSR count). The van der Waals surface area contributed by atoms with Gasteiger partial charge in [0.15, 0.2) is 11.5 Å². The number of hydrogen-bond acceptors (Lipinski definition) is 5. The predicted molar refractivity (Wildman–Crippen MR) is 95.7 cm³/mol. The zero-order chi connectivity index (χ0) is 18.1. The Bertz CT molecular complexity index is 966. The van der Waals surface area contributed by atoms with Gasteiger partial charge in [-0.1, -0.05) is 6.07 Å². The average molecular weight is 352 g/mol. The van der Waals surface area contributed by atoms with Crippen LogP contribution in [0.2, 0.25) is 0 Å². The second-order valence-corrected chi connectivity index (χ2v) is 5.80. The van der Waals surface area contributed by atoms with Crippen LogP contribution in [0.1, 0.15) is 17.2 Å². The lowest BCUT2D eigenvalue weighted by molar-refractivity contribution is 0.354. The highest BCUT2D eigenvalue weighted by atomic mass is 19.1. The topological polar surface area (TPSA) is 61.2 Å². The fourth-order valence-corrected chi connectivity index (χ4v) is 3.01. The number of ether oxygens (including phenoxy) is 2. The molecule has 26 heavy (non-hydrogen) atoms. The standard InChI is InChI=1S/C19H17FN4O2/c1-25-17-8-5-13(9-18(17)26-2)16-10-15(12-3-6-14(20)7-4-12)23-19-21-11-22-24(16)19/h3-11,16H,1-2H3,(H,21,22,23)/t16-/m1/s1. The third-order valence-corrected chi connectivity index (χ3v) is 4.31. The van der Waals surface area contributed by atoms with E-state index in [0.29, 0.717) is 17.4 Å². The molecule has 0 unspecified atom stereocenters. The lowest BCUT2D eigenvalue weighted by Gasteiger charge is -2.25. The van der Waals surface area contributed by atoms with E-state index < -0.39 is 0 Å². The molecule has 1 N–H and O–H groups in total. The van der Waals surface area contributed by atoms with Crippen molar-refractivity contribution in [1.29, 1.82) is 0 Å². The van der Waals surface area contributed by atoms with Crippen molar-refractivity contribution in [2.75, 3.05) is 19.5 Å². The van der Waals surface area contributed by atoms with E-state index in [1.807, 2.05) is 24.3 Å². The van der Waals surface area contributed by atoms with Gasteiger partial charge in [0.2, 0.25) is 5.95 Å². The van der Waals surface area contributed by atoms with E-state index in [2.05, 4.69) is 15.4 Å². The van der Waals surface area contributed by atoms with E-state index in [4.69, 9.17) is 9.47 Å². The lowest BCUT2D eigenvalue weighted by atomic mass is 10.0. The van der Waals surface area contributed by atoms with E-state index in [1.54, 1.807) is 31.0 Å². The SMILES string of the molecule is COc1ccc([C@H]2C=C(c3ccc(F)cc3)Nc3ncnn32)cc1OC. The molecule has 3 aromatic rings. The Morgan fingerprint density at radius 1 is 1.04 bits per heavy atom. The van der Waals surface area contributed by atoms with Crippen LogP contribution in [-0.4, -0.2) is 29.0 Å². The molecule has 0 spiro atoms. The van der Waals surface area contributed by atoms with Crippen LogP contribution in [0.25, 0.3) is 5.70 Å². The number of nitrogens with one attached hydrogen (secondary N) is 1. The maximum Gasteiger partial charge on any atom is 0.226 e. The highest BCUT2D eigenvalue weighted by molar-refractivity contribution is 5.77. The quantitative estimate of drug-likeness (QED) is 0.779. The molecule has 132 valence electrons. The van der Waals surface area contributed by atoms with Crippen LogP contribution in [0.3, 0.4) is 0 Å². The number of benzene rings is 2. The van der Waals surface area contributed by atoms with Gasteiger partial charge in [0.25, 0.3) is 0 Å². The van der Waals surface area contributed by atoms with Gasteiger partial charge in [-0.3, -0.25) is 0 Å².